The Morgan fingerprint density at radius 1 is 1.32 bits per heavy atom. The molecule has 6 nitrogen and oxygen atoms in total. The summed E-state index contributed by atoms with van der Waals surface area (Å²) in [6.07, 6.45) is 4.28. The van der Waals surface area contributed by atoms with E-state index in [2.05, 4.69) is 10.3 Å². The van der Waals surface area contributed by atoms with Crippen LogP contribution in [0.15, 0.2) is 34.9 Å². The van der Waals surface area contributed by atoms with Crippen LogP contribution in [0.1, 0.15) is 31.6 Å². The van der Waals surface area contributed by atoms with E-state index in [9.17, 15) is 9.59 Å². The van der Waals surface area contributed by atoms with E-state index in [0.29, 0.717) is 35.9 Å². The highest BCUT2D eigenvalue weighted by atomic mass is 35.5. The molecule has 2 atom stereocenters. The molecule has 0 aliphatic heterocycles. The number of benzene rings is 1. The van der Waals surface area contributed by atoms with Crippen LogP contribution >= 0.6 is 11.6 Å². The molecule has 25 heavy (non-hydrogen) atoms. The van der Waals surface area contributed by atoms with Crippen LogP contribution in [0, 0.1) is 5.92 Å². The molecule has 1 aliphatic rings. The lowest BCUT2D eigenvalue weighted by atomic mass is 10.0. The number of carbonyl (C=O) groups excluding carboxylic acids is 1. The average molecular weight is 363 g/mol. The summed E-state index contributed by atoms with van der Waals surface area (Å²) in [7, 11) is 0. The molecular weight excluding hydrogens is 344 g/mol. The zero-order valence-electron chi connectivity index (χ0n) is 13.6. The first-order valence-electron chi connectivity index (χ1n) is 8.26. The van der Waals surface area contributed by atoms with E-state index in [1.54, 1.807) is 12.3 Å². The van der Waals surface area contributed by atoms with Gasteiger partial charge in [0.25, 0.3) is 0 Å². The normalized spacial score (nSPS) is 19.7. The van der Waals surface area contributed by atoms with Gasteiger partial charge in [0, 0.05) is 24.4 Å². The van der Waals surface area contributed by atoms with Gasteiger partial charge in [0.15, 0.2) is 11.7 Å². The van der Waals surface area contributed by atoms with E-state index in [4.69, 9.17) is 21.1 Å². The number of carbonyl (C=O) groups is 2. The molecule has 1 aromatic carbocycles. The second-order valence-electron chi connectivity index (χ2n) is 6.15. The van der Waals surface area contributed by atoms with Crippen LogP contribution in [-0.2, 0) is 16.0 Å². The Kier molecular flexibility index (Phi) is 5.38. The number of rotatable bonds is 6. The highest BCUT2D eigenvalue weighted by molar-refractivity contribution is 6.33. The minimum absolute atomic E-state index is 0.185. The Hall–Kier alpha value is -2.34. The number of nitrogens with one attached hydrogen (secondary N) is 1. The fraction of sp³-hybridized carbons (Fsp3) is 0.389. The molecule has 0 saturated heterocycles. The Morgan fingerprint density at radius 3 is 2.88 bits per heavy atom. The molecule has 1 heterocycles. The topological polar surface area (TPSA) is 92.4 Å². The third-order valence-corrected chi connectivity index (χ3v) is 4.77. The second-order valence-corrected chi connectivity index (χ2v) is 6.55. The fourth-order valence-corrected chi connectivity index (χ4v) is 3.37. The van der Waals surface area contributed by atoms with Crippen molar-refractivity contribution >= 4 is 23.5 Å². The van der Waals surface area contributed by atoms with Gasteiger partial charge >= 0.3 is 5.97 Å². The smallest absolute Gasteiger partial charge is 0.308 e. The van der Waals surface area contributed by atoms with E-state index in [1.807, 2.05) is 18.2 Å². The summed E-state index contributed by atoms with van der Waals surface area (Å²) < 4.78 is 5.66. The highest BCUT2D eigenvalue weighted by Crippen LogP contribution is 2.28. The Bertz CT molecular complexity index is 774. The van der Waals surface area contributed by atoms with Gasteiger partial charge < -0.3 is 14.8 Å². The van der Waals surface area contributed by atoms with Gasteiger partial charge in [-0.05, 0) is 25.0 Å². The molecule has 2 aromatic rings. The first-order chi connectivity index (χ1) is 12.0. The van der Waals surface area contributed by atoms with Crippen molar-refractivity contribution in [2.75, 3.05) is 0 Å². The number of amides is 1. The number of aliphatic carboxylic acids is 1. The van der Waals surface area contributed by atoms with Crippen molar-refractivity contribution in [2.45, 2.75) is 38.1 Å². The number of carboxylic acids is 1. The number of oxazole rings is 1. The third kappa shape index (κ3) is 4.20. The van der Waals surface area contributed by atoms with Crippen molar-refractivity contribution in [2.24, 2.45) is 5.92 Å². The van der Waals surface area contributed by atoms with Crippen molar-refractivity contribution in [1.29, 1.82) is 0 Å². The summed E-state index contributed by atoms with van der Waals surface area (Å²) in [5.74, 6) is -0.512. The van der Waals surface area contributed by atoms with Crippen LogP contribution in [-0.4, -0.2) is 28.0 Å². The van der Waals surface area contributed by atoms with Crippen molar-refractivity contribution in [3.63, 3.8) is 0 Å². The Balaban J connectivity index is 1.55. The lowest BCUT2D eigenvalue weighted by molar-refractivity contribution is -0.142. The first-order valence-corrected chi connectivity index (χ1v) is 8.64. The van der Waals surface area contributed by atoms with Crippen molar-refractivity contribution in [3.8, 4) is 11.3 Å². The number of hydrogen-bond donors (Lipinski definition) is 2. The van der Waals surface area contributed by atoms with E-state index in [1.165, 1.54) is 0 Å². The summed E-state index contributed by atoms with van der Waals surface area (Å²) in [5.41, 5.74) is 0.752. The minimum Gasteiger partial charge on any atom is -0.481 e. The molecule has 1 aliphatic carbocycles. The SMILES string of the molecule is O=C(CCc1ncc(-c2ccccc2Cl)o1)N[C@H]1CCC[C@H]1C(=O)O. The highest BCUT2D eigenvalue weighted by Gasteiger charge is 2.33. The number of carboxylic acid groups (broad SMARTS) is 1. The molecule has 1 aromatic heterocycles. The van der Waals surface area contributed by atoms with E-state index >= 15 is 0 Å². The van der Waals surface area contributed by atoms with Gasteiger partial charge in [-0.15, -0.1) is 0 Å². The number of nitrogens with zero attached hydrogens (tertiary/aromatic N) is 1. The van der Waals surface area contributed by atoms with Gasteiger partial charge in [-0.3, -0.25) is 9.59 Å². The predicted octanol–water partition coefficient (Wildman–Crippen LogP) is 3.30. The largest absolute Gasteiger partial charge is 0.481 e. The number of aryl methyl sites for hydroxylation is 1. The van der Waals surface area contributed by atoms with Crippen LogP contribution in [0.3, 0.4) is 0 Å². The molecule has 3 rings (SSSR count). The van der Waals surface area contributed by atoms with Crippen LogP contribution in [0.25, 0.3) is 11.3 Å². The summed E-state index contributed by atoms with van der Waals surface area (Å²) >= 11 is 6.13. The van der Waals surface area contributed by atoms with E-state index in [0.717, 1.165) is 12.0 Å². The zero-order chi connectivity index (χ0) is 17.8. The van der Waals surface area contributed by atoms with Crippen LogP contribution in [0.2, 0.25) is 5.02 Å². The van der Waals surface area contributed by atoms with Crippen molar-refractivity contribution in [3.05, 3.63) is 41.4 Å². The van der Waals surface area contributed by atoms with Crippen molar-refractivity contribution < 1.29 is 19.1 Å². The number of aromatic nitrogens is 1. The van der Waals surface area contributed by atoms with E-state index < -0.39 is 11.9 Å². The maximum absolute atomic E-state index is 12.1. The Morgan fingerprint density at radius 2 is 2.12 bits per heavy atom. The van der Waals surface area contributed by atoms with Gasteiger partial charge in [0.1, 0.15) is 0 Å². The molecule has 0 bridgehead atoms. The van der Waals surface area contributed by atoms with Crippen LogP contribution in [0.4, 0.5) is 0 Å². The Labute approximate surface area is 150 Å². The molecule has 1 fully saturated rings. The first kappa shape index (κ1) is 17.5. The summed E-state index contributed by atoms with van der Waals surface area (Å²) in [5, 5.41) is 12.5. The summed E-state index contributed by atoms with van der Waals surface area (Å²) in [6.45, 7) is 0. The summed E-state index contributed by atoms with van der Waals surface area (Å²) in [6, 6.07) is 7.02. The zero-order valence-corrected chi connectivity index (χ0v) is 14.3. The number of hydrogen-bond acceptors (Lipinski definition) is 4. The van der Waals surface area contributed by atoms with Crippen LogP contribution < -0.4 is 5.32 Å². The summed E-state index contributed by atoms with van der Waals surface area (Å²) in [4.78, 5) is 27.4. The maximum atomic E-state index is 12.1. The molecule has 0 radical (unpaired) electrons. The maximum Gasteiger partial charge on any atom is 0.308 e. The quantitative estimate of drug-likeness (QED) is 0.822. The second kappa shape index (κ2) is 7.70. The van der Waals surface area contributed by atoms with Gasteiger partial charge in [-0.25, -0.2) is 4.98 Å². The average Bonchev–Trinajstić information content (AvgIpc) is 3.22. The van der Waals surface area contributed by atoms with Crippen molar-refractivity contribution in [1.82, 2.24) is 10.3 Å². The fourth-order valence-electron chi connectivity index (χ4n) is 3.14. The molecule has 7 heteroatoms. The molecule has 0 spiro atoms. The lowest BCUT2D eigenvalue weighted by Crippen LogP contribution is -2.40. The molecule has 0 unspecified atom stereocenters. The van der Waals surface area contributed by atoms with Gasteiger partial charge in [-0.2, -0.15) is 0 Å². The predicted molar refractivity (Wildman–Crippen MR) is 92.2 cm³/mol. The van der Waals surface area contributed by atoms with Gasteiger partial charge in [0.05, 0.1) is 17.1 Å². The standard InChI is InChI=1S/C18H19ClN2O4/c19-13-6-2-1-4-11(13)15-10-20-17(25-15)9-8-16(22)21-14-7-3-5-12(14)18(23)24/h1-2,4,6,10,12,14H,3,5,7-9H2,(H,21,22)(H,23,24)/t12-,14+/m1/s1. The molecule has 1 saturated carbocycles. The van der Waals surface area contributed by atoms with E-state index in [-0.39, 0.29) is 18.4 Å². The third-order valence-electron chi connectivity index (χ3n) is 4.44. The molecular formula is C18H19ClN2O4. The molecule has 1 amide bonds. The number of halogens is 1. The minimum atomic E-state index is -0.847. The molecule has 132 valence electrons. The monoisotopic (exact) mass is 362 g/mol. The van der Waals surface area contributed by atoms with Gasteiger partial charge in [0.2, 0.25) is 5.91 Å². The lowest BCUT2D eigenvalue weighted by Gasteiger charge is -2.17. The van der Waals surface area contributed by atoms with Gasteiger partial charge in [-0.1, -0.05) is 30.2 Å². The molecule has 2 N–H and O–H groups in total. The van der Waals surface area contributed by atoms with Crippen LogP contribution in [0.5, 0.6) is 0 Å².